The van der Waals surface area contributed by atoms with E-state index in [9.17, 15) is 0 Å². The molecule has 2 nitrogen and oxygen atoms in total. The van der Waals surface area contributed by atoms with E-state index in [-0.39, 0.29) is 0 Å². The molecule has 0 bridgehead atoms. The van der Waals surface area contributed by atoms with Gasteiger partial charge in [-0.25, -0.2) is 0 Å². The average molecular weight is 252 g/mol. The summed E-state index contributed by atoms with van der Waals surface area (Å²) in [5.74, 6) is 1.94. The lowest BCUT2D eigenvalue weighted by Gasteiger charge is -2.27. The van der Waals surface area contributed by atoms with Gasteiger partial charge in [-0.2, -0.15) is 0 Å². The van der Waals surface area contributed by atoms with Gasteiger partial charge in [0, 0.05) is 19.1 Å². The molecule has 0 amide bonds. The summed E-state index contributed by atoms with van der Waals surface area (Å²) < 4.78 is 0. The van der Waals surface area contributed by atoms with Crippen LogP contribution in [-0.4, -0.2) is 37.6 Å². The SMILES string of the molecule is CC1CCC(CNCCN(C)C2CCCC2)CC1. The summed E-state index contributed by atoms with van der Waals surface area (Å²) in [5, 5.41) is 3.68. The van der Waals surface area contributed by atoms with Crippen LogP contribution in [0.3, 0.4) is 0 Å². The molecule has 106 valence electrons. The second-order valence-corrected chi connectivity index (χ2v) is 6.75. The van der Waals surface area contributed by atoms with E-state index >= 15 is 0 Å². The molecule has 2 heteroatoms. The number of likely N-dealkylation sites (N-methyl/N-ethyl adjacent to an activating group) is 1. The van der Waals surface area contributed by atoms with Gasteiger partial charge in [-0.15, -0.1) is 0 Å². The summed E-state index contributed by atoms with van der Waals surface area (Å²) in [7, 11) is 2.31. The highest BCUT2D eigenvalue weighted by Gasteiger charge is 2.20. The second kappa shape index (κ2) is 7.49. The van der Waals surface area contributed by atoms with Gasteiger partial charge < -0.3 is 10.2 Å². The molecule has 0 aromatic rings. The molecule has 2 aliphatic carbocycles. The summed E-state index contributed by atoms with van der Waals surface area (Å²) >= 11 is 0. The third-order valence-corrected chi connectivity index (χ3v) is 5.16. The Morgan fingerprint density at radius 3 is 2.33 bits per heavy atom. The zero-order chi connectivity index (χ0) is 12.8. The Morgan fingerprint density at radius 2 is 1.67 bits per heavy atom. The van der Waals surface area contributed by atoms with Gasteiger partial charge in [0.2, 0.25) is 0 Å². The van der Waals surface area contributed by atoms with Crippen LogP contribution in [0.4, 0.5) is 0 Å². The Hall–Kier alpha value is -0.0800. The monoisotopic (exact) mass is 252 g/mol. The van der Waals surface area contributed by atoms with Gasteiger partial charge in [-0.3, -0.25) is 0 Å². The molecule has 2 rings (SSSR count). The van der Waals surface area contributed by atoms with Crippen molar-refractivity contribution >= 4 is 0 Å². The number of nitrogens with one attached hydrogen (secondary N) is 1. The van der Waals surface area contributed by atoms with Gasteiger partial charge in [0.15, 0.2) is 0 Å². The minimum absolute atomic E-state index is 0.877. The fourth-order valence-corrected chi connectivity index (χ4v) is 3.62. The van der Waals surface area contributed by atoms with Crippen LogP contribution < -0.4 is 5.32 Å². The van der Waals surface area contributed by atoms with Crippen LogP contribution in [0.1, 0.15) is 58.3 Å². The van der Waals surface area contributed by atoms with Crippen LogP contribution >= 0.6 is 0 Å². The number of hydrogen-bond donors (Lipinski definition) is 1. The van der Waals surface area contributed by atoms with E-state index in [0.717, 1.165) is 17.9 Å². The summed E-state index contributed by atoms with van der Waals surface area (Å²) in [6.07, 6.45) is 11.6. The minimum Gasteiger partial charge on any atom is -0.315 e. The molecule has 2 aliphatic rings. The van der Waals surface area contributed by atoms with E-state index < -0.39 is 0 Å². The normalized spacial score (nSPS) is 30.2. The van der Waals surface area contributed by atoms with Crippen LogP contribution in [-0.2, 0) is 0 Å². The van der Waals surface area contributed by atoms with Crippen molar-refractivity contribution in [1.29, 1.82) is 0 Å². The number of nitrogens with zero attached hydrogens (tertiary/aromatic N) is 1. The molecule has 2 saturated carbocycles. The van der Waals surface area contributed by atoms with E-state index in [4.69, 9.17) is 0 Å². The molecule has 1 N–H and O–H groups in total. The predicted octanol–water partition coefficient (Wildman–Crippen LogP) is 3.28. The van der Waals surface area contributed by atoms with Crippen molar-refractivity contribution in [3.8, 4) is 0 Å². The first-order valence-electron chi connectivity index (χ1n) is 8.16. The zero-order valence-corrected chi connectivity index (χ0v) is 12.5. The maximum atomic E-state index is 3.68. The predicted molar refractivity (Wildman–Crippen MR) is 78.9 cm³/mol. The first-order chi connectivity index (χ1) is 8.75. The van der Waals surface area contributed by atoms with E-state index in [0.29, 0.717) is 0 Å². The quantitative estimate of drug-likeness (QED) is 0.730. The summed E-state index contributed by atoms with van der Waals surface area (Å²) in [6, 6.07) is 0.877. The molecule has 0 spiro atoms. The van der Waals surface area contributed by atoms with Gasteiger partial charge >= 0.3 is 0 Å². The molecule has 0 aromatic carbocycles. The first-order valence-corrected chi connectivity index (χ1v) is 8.16. The minimum atomic E-state index is 0.877. The van der Waals surface area contributed by atoms with Gasteiger partial charge in [-0.1, -0.05) is 32.6 Å². The molecular formula is C16H32N2. The van der Waals surface area contributed by atoms with Crippen molar-refractivity contribution in [3.63, 3.8) is 0 Å². The van der Waals surface area contributed by atoms with E-state index in [1.54, 1.807) is 0 Å². The maximum absolute atomic E-state index is 3.68. The molecular weight excluding hydrogens is 220 g/mol. The van der Waals surface area contributed by atoms with Crippen molar-refractivity contribution < 1.29 is 0 Å². The summed E-state index contributed by atoms with van der Waals surface area (Å²) in [4.78, 5) is 2.57. The standard InChI is InChI=1S/C16H32N2/c1-14-7-9-15(10-8-14)13-17-11-12-18(2)16-5-3-4-6-16/h14-17H,3-13H2,1-2H3. The van der Waals surface area contributed by atoms with Gasteiger partial charge in [0.1, 0.15) is 0 Å². The van der Waals surface area contributed by atoms with Crippen LogP contribution in [0.2, 0.25) is 0 Å². The molecule has 0 heterocycles. The Labute approximate surface area is 114 Å². The second-order valence-electron chi connectivity index (χ2n) is 6.75. The van der Waals surface area contributed by atoms with Gasteiger partial charge in [0.05, 0.1) is 0 Å². The van der Waals surface area contributed by atoms with Gasteiger partial charge in [-0.05, 0) is 51.1 Å². The highest BCUT2D eigenvalue weighted by molar-refractivity contribution is 4.76. The average Bonchev–Trinajstić information content (AvgIpc) is 2.90. The van der Waals surface area contributed by atoms with Crippen molar-refractivity contribution in [3.05, 3.63) is 0 Å². The lowest BCUT2D eigenvalue weighted by atomic mass is 9.83. The Balaban J connectivity index is 1.50. The molecule has 0 radical (unpaired) electrons. The molecule has 2 fully saturated rings. The topological polar surface area (TPSA) is 15.3 Å². The maximum Gasteiger partial charge on any atom is 0.0107 e. The van der Waals surface area contributed by atoms with Crippen LogP contribution in [0.15, 0.2) is 0 Å². The van der Waals surface area contributed by atoms with Gasteiger partial charge in [0.25, 0.3) is 0 Å². The fraction of sp³-hybridized carbons (Fsp3) is 1.00. The molecule has 0 aromatic heterocycles. The lowest BCUT2D eigenvalue weighted by molar-refractivity contribution is 0.237. The van der Waals surface area contributed by atoms with E-state index in [2.05, 4.69) is 24.2 Å². The third kappa shape index (κ3) is 4.55. The number of hydrogen-bond acceptors (Lipinski definition) is 2. The summed E-state index contributed by atoms with van der Waals surface area (Å²) in [5.41, 5.74) is 0. The smallest absolute Gasteiger partial charge is 0.0107 e. The van der Waals surface area contributed by atoms with Crippen LogP contribution in [0.25, 0.3) is 0 Å². The van der Waals surface area contributed by atoms with Crippen molar-refractivity contribution in [1.82, 2.24) is 10.2 Å². The van der Waals surface area contributed by atoms with Crippen molar-refractivity contribution in [2.45, 2.75) is 64.3 Å². The molecule has 18 heavy (non-hydrogen) atoms. The molecule has 0 aliphatic heterocycles. The molecule has 0 saturated heterocycles. The lowest BCUT2D eigenvalue weighted by Crippen LogP contribution is -2.37. The largest absolute Gasteiger partial charge is 0.315 e. The third-order valence-electron chi connectivity index (χ3n) is 5.16. The Kier molecular flexibility index (Phi) is 5.97. The zero-order valence-electron chi connectivity index (χ0n) is 12.5. The van der Waals surface area contributed by atoms with Crippen LogP contribution in [0, 0.1) is 11.8 Å². The van der Waals surface area contributed by atoms with E-state index in [1.807, 2.05) is 0 Å². The highest BCUT2D eigenvalue weighted by atomic mass is 15.1. The first kappa shape index (κ1) is 14.3. The Morgan fingerprint density at radius 1 is 1.00 bits per heavy atom. The van der Waals surface area contributed by atoms with E-state index in [1.165, 1.54) is 71.0 Å². The molecule has 0 atom stereocenters. The Bertz CT molecular complexity index is 215. The fourth-order valence-electron chi connectivity index (χ4n) is 3.62. The van der Waals surface area contributed by atoms with Crippen molar-refractivity contribution in [2.75, 3.05) is 26.7 Å². The summed E-state index contributed by atoms with van der Waals surface area (Å²) in [6.45, 7) is 6.07. The van der Waals surface area contributed by atoms with Crippen LogP contribution in [0.5, 0.6) is 0 Å². The highest BCUT2D eigenvalue weighted by Crippen LogP contribution is 2.27. The number of rotatable bonds is 6. The van der Waals surface area contributed by atoms with Crippen molar-refractivity contribution in [2.24, 2.45) is 11.8 Å². The molecule has 0 unspecified atom stereocenters.